The number of benzene rings is 1. The van der Waals surface area contributed by atoms with E-state index in [1.807, 2.05) is 7.05 Å². The molecule has 3 nitrogen and oxygen atoms in total. The number of anilines is 1. The standard InChI is InChI=1S/C12H16ClN3/c1-9(7-15-2)8-16-12-5-11(13)4-3-10(12)6-14/h3-5,9,15-16H,7-8H2,1-2H3. The average molecular weight is 238 g/mol. The summed E-state index contributed by atoms with van der Waals surface area (Å²) in [6, 6.07) is 7.38. The van der Waals surface area contributed by atoms with E-state index in [1.54, 1.807) is 18.2 Å². The van der Waals surface area contributed by atoms with Gasteiger partial charge in [-0.15, -0.1) is 0 Å². The number of halogens is 1. The highest BCUT2D eigenvalue weighted by molar-refractivity contribution is 6.30. The van der Waals surface area contributed by atoms with E-state index in [0.717, 1.165) is 18.8 Å². The third kappa shape index (κ3) is 3.73. The minimum atomic E-state index is 0.496. The first-order valence-electron chi connectivity index (χ1n) is 5.25. The van der Waals surface area contributed by atoms with E-state index in [1.165, 1.54) is 0 Å². The van der Waals surface area contributed by atoms with Crippen LogP contribution in [0, 0.1) is 17.2 Å². The Balaban J connectivity index is 2.66. The Bertz CT molecular complexity index is 384. The van der Waals surface area contributed by atoms with Crippen LogP contribution in [0.15, 0.2) is 18.2 Å². The van der Waals surface area contributed by atoms with Gasteiger partial charge in [0.2, 0.25) is 0 Å². The van der Waals surface area contributed by atoms with Crippen LogP contribution in [0.5, 0.6) is 0 Å². The van der Waals surface area contributed by atoms with Gasteiger partial charge in [-0.25, -0.2) is 0 Å². The van der Waals surface area contributed by atoms with Crippen LogP contribution in [0.1, 0.15) is 12.5 Å². The number of rotatable bonds is 5. The number of nitriles is 1. The van der Waals surface area contributed by atoms with Crippen LogP contribution < -0.4 is 10.6 Å². The molecule has 0 amide bonds. The second-order valence-corrected chi connectivity index (χ2v) is 4.28. The van der Waals surface area contributed by atoms with Crippen molar-refractivity contribution in [2.45, 2.75) is 6.92 Å². The monoisotopic (exact) mass is 237 g/mol. The Kier molecular flexibility index (Phi) is 5.10. The first-order valence-corrected chi connectivity index (χ1v) is 5.63. The summed E-state index contributed by atoms with van der Waals surface area (Å²) in [4.78, 5) is 0. The third-order valence-electron chi connectivity index (χ3n) is 2.30. The molecule has 0 aliphatic rings. The van der Waals surface area contributed by atoms with Crippen molar-refractivity contribution in [2.24, 2.45) is 5.92 Å². The van der Waals surface area contributed by atoms with Crippen LogP contribution >= 0.6 is 11.6 Å². The fraction of sp³-hybridized carbons (Fsp3) is 0.417. The average Bonchev–Trinajstić information content (AvgIpc) is 2.27. The maximum absolute atomic E-state index is 8.93. The summed E-state index contributed by atoms with van der Waals surface area (Å²) >= 11 is 5.89. The topological polar surface area (TPSA) is 47.8 Å². The lowest BCUT2D eigenvalue weighted by Crippen LogP contribution is -2.23. The third-order valence-corrected chi connectivity index (χ3v) is 2.53. The second-order valence-electron chi connectivity index (χ2n) is 3.85. The molecule has 1 unspecified atom stereocenters. The van der Waals surface area contributed by atoms with Gasteiger partial charge in [-0.2, -0.15) is 5.26 Å². The molecule has 2 N–H and O–H groups in total. The summed E-state index contributed by atoms with van der Waals surface area (Å²) in [5, 5.41) is 15.9. The highest BCUT2D eigenvalue weighted by Gasteiger charge is 2.05. The molecule has 0 aliphatic carbocycles. The molecule has 0 saturated heterocycles. The Morgan fingerprint density at radius 2 is 2.19 bits per heavy atom. The highest BCUT2D eigenvalue weighted by Crippen LogP contribution is 2.20. The number of nitrogens with zero attached hydrogens (tertiary/aromatic N) is 1. The Hall–Kier alpha value is -1.24. The molecule has 16 heavy (non-hydrogen) atoms. The first kappa shape index (κ1) is 12.8. The molecule has 0 fully saturated rings. The predicted molar refractivity (Wildman–Crippen MR) is 67.7 cm³/mol. The molecule has 0 bridgehead atoms. The highest BCUT2D eigenvalue weighted by atomic mass is 35.5. The normalized spacial score (nSPS) is 11.9. The summed E-state index contributed by atoms with van der Waals surface area (Å²) in [6.07, 6.45) is 0. The fourth-order valence-corrected chi connectivity index (χ4v) is 1.64. The van der Waals surface area contributed by atoms with Crippen LogP contribution in [0.4, 0.5) is 5.69 Å². The van der Waals surface area contributed by atoms with E-state index < -0.39 is 0 Å². The van der Waals surface area contributed by atoms with Crippen LogP contribution in [0.25, 0.3) is 0 Å². The maximum atomic E-state index is 8.93. The smallest absolute Gasteiger partial charge is 0.101 e. The molecule has 0 aliphatic heterocycles. The number of hydrogen-bond acceptors (Lipinski definition) is 3. The molecule has 86 valence electrons. The molecule has 1 aromatic carbocycles. The van der Waals surface area contributed by atoms with E-state index in [9.17, 15) is 0 Å². The van der Waals surface area contributed by atoms with E-state index in [2.05, 4.69) is 23.6 Å². The van der Waals surface area contributed by atoms with Gasteiger partial charge in [0.25, 0.3) is 0 Å². The van der Waals surface area contributed by atoms with Crippen molar-refractivity contribution in [1.82, 2.24) is 5.32 Å². The van der Waals surface area contributed by atoms with Gasteiger partial charge in [-0.3, -0.25) is 0 Å². The fourth-order valence-electron chi connectivity index (χ4n) is 1.47. The Labute approximate surface area is 101 Å². The van der Waals surface area contributed by atoms with E-state index >= 15 is 0 Å². The largest absolute Gasteiger partial charge is 0.384 e. The van der Waals surface area contributed by atoms with Gasteiger partial charge in [0, 0.05) is 11.6 Å². The van der Waals surface area contributed by atoms with Crippen molar-refractivity contribution in [1.29, 1.82) is 5.26 Å². The molecular weight excluding hydrogens is 222 g/mol. The molecule has 0 heterocycles. The van der Waals surface area contributed by atoms with Crippen molar-refractivity contribution >= 4 is 17.3 Å². The molecule has 4 heteroatoms. The SMILES string of the molecule is CNCC(C)CNc1cc(Cl)ccc1C#N. The molecule has 1 aromatic rings. The molecule has 0 aromatic heterocycles. The minimum absolute atomic E-state index is 0.496. The first-order chi connectivity index (χ1) is 7.67. The van der Waals surface area contributed by atoms with E-state index in [-0.39, 0.29) is 0 Å². The van der Waals surface area contributed by atoms with Crippen molar-refractivity contribution in [2.75, 3.05) is 25.5 Å². The lowest BCUT2D eigenvalue weighted by atomic mass is 10.1. The molecule has 0 saturated carbocycles. The Morgan fingerprint density at radius 1 is 1.44 bits per heavy atom. The van der Waals surface area contributed by atoms with Crippen molar-refractivity contribution < 1.29 is 0 Å². The van der Waals surface area contributed by atoms with Crippen molar-refractivity contribution in [3.05, 3.63) is 28.8 Å². The summed E-state index contributed by atoms with van der Waals surface area (Å²) in [6.45, 7) is 3.89. The van der Waals surface area contributed by atoms with Crippen LogP contribution in [-0.4, -0.2) is 20.1 Å². The second kappa shape index (κ2) is 6.37. The van der Waals surface area contributed by atoms with Gasteiger partial charge in [0.1, 0.15) is 6.07 Å². The van der Waals surface area contributed by atoms with Crippen molar-refractivity contribution in [3.8, 4) is 6.07 Å². The molecule has 1 atom stereocenters. The van der Waals surface area contributed by atoms with Crippen LogP contribution in [-0.2, 0) is 0 Å². The van der Waals surface area contributed by atoms with Crippen LogP contribution in [0.2, 0.25) is 5.02 Å². The van der Waals surface area contributed by atoms with Crippen LogP contribution in [0.3, 0.4) is 0 Å². The van der Waals surface area contributed by atoms with Gasteiger partial charge < -0.3 is 10.6 Å². The Morgan fingerprint density at radius 3 is 2.81 bits per heavy atom. The predicted octanol–water partition coefficient (Wildman–Crippen LogP) is 2.48. The molecule has 1 rings (SSSR count). The van der Waals surface area contributed by atoms with Crippen molar-refractivity contribution in [3.63, 3.8) is 0 Å². The number of nitrogens with one attached hydrogen (secondary N) is 2. The van der Waals surface area contributed by atoms with Gasteiger partial charge in [-0.1, -0.05) is 18.5 Å². The zero-order chi connectivity index (χ0) is 12.0. The minimum Gasteiger partial charge on any atom is -0.384 e. The van der Waals surface area contributed by atoms with Gasteiger partial charge in [-0.05, 0) is 37.7 Å². The van der Waals surface area contributed by atoms with Gasteiger partial charge >= 0.3 is 0 Å². The van der Waals surface area contributed by atoms with E-state index in [0.29, 0.717) is 16.5 Å². The lowest BCUT2D eigenvalue weighted by molar-refractivity contribution is 0.569. The lowest BCUT2D eigenvalue weighted by Gasteiger charge is -2.14. The maximum Gasteiger partial charge on any atom is 0.101 e. The summed E-state index contributed by atoms with van der Waals surface area (Å²) in [7, 11) is 1.93. The quantitative estimate of drug-likeness (QED) is 0.827. The number of hydrogen-bond donors (Lipinski definition) is 2. The summed E-state index contributed by atoms with van der Waals surface area (Å²) in [5.74, 6) is 0.496. The zero-order valence-corrected chi connectivity index (χ0v) is 10.3. The van der Waals surface area contributed by atoms with Gasteiger partial charge in [0.05, 0.1) is 11.3 Å². The van der Waals surface area contributed by atoms with Gasteiger partial charge in [0.15, 0.2) is 0 Å². The zero-order valence-electron chi connectivity index (χ0n) is 9.55. The molecule has 0 spiro atoms. The molecule has 0 radical (unpaired) electrons. The summed E-state index contributed by atoms with van der Waals surface area (Å²) in [5.41, 5.74) is 1.43. The molecular formula is C12H16ClN3. The van der Waals surface area contributed by atoms with E-state index in [4.69, 9.17) is 16.9 Å². The summed E-state index contributed by atoms with van der Waals surface area (Å²) < 4.78 is 0.